The molecule has 0 aromatic heterocycles. The highest BCUT2D eigenvalue weighted by molar-refractivity contribution is 5.72. The number of rotatable bonds is 3. The van der Waals surface area contributed by atoms with E-state index in [1.807, 2.05) is 0 Å². The Morgan fingerprint density at radius 1 is 1.32 bits per heavy atom. The zero-order valence-corrected chi connectivity index (χ0v) is 11.7. The first-order valence-electron chi connectivity index (χ1n) is 7.05. The molecule has 2 aliphatic heterocycles. The molecule has 0 spiro atoms. The zero-order chi connectivity index (χ0) is 15.7. The van der Waals surface area contributed by atoms with Gasteiger partial charge in [0.05, 0.1) is 18.1 Å². The molecule has 0 unspecified atom stereocenters. The van der Waals surface area contributed by atoms with Gasteiger partial charge in [-0.05, 0) is 18.6 Å². The summed E-state index contributed by atoms with van der Waals surface area (Å²) in [5, 5.41) is 8.99. The summed E-state index contributed by atoms with van der Waals surface area (Å²) in [6.45, 7) is 1.01. The second kappa shape index (κ2) is 6.15. The number of anilines is 1. The smallest absolute Gasteiger partial charge is 0.308 e. The topological polar surface area (TPSA) is 71.0 Å². The number of hydrogen-bond donors (Lipinski definition) is 2. The average Bonchev–Trinajstić information content (AvgIpc) is 2.97. The number of benzene rings is 1. The minimum Gasteiger partial charge on any atom is -0.481 e. The highest BCUT2D eigenvalue weighted by Crippen LogP contribution is 2.32. The van der Waals surface area contributed by atoms with Crippen LogP contribution in [-0.4, -0.2) is 30.8 Å². The first kappa shape index (κ1) is 15.1. The van der Waals surface area contributed by atoms with Crippen LogP contribution in [0.3, 0.4) is 0 Å². The lowest BCUT2D eigenvalue weighted by Crippen LogP contribution is -2.28. The van der Waals surface area contributed by atoms with Crippen molar-refractivity contribution in [2.75, 3.05) is 24.6 Å². The Bertz CT molecular complexity index is 555. The van der Waals surface area contributed by atoms with Gasteiger partial charge in [0, 0.05) is 25.2 Å². The van der Waals surface area contributed by atoms with Crippen molar-refractivity contribution < 1.29 is 28.4 Å². The van der Waals surface area contributed by atoms with Crippen molar-refractivity contribution in [2.24, 2.45) is 5.92 Å². The Labute approximate surface area is 125 Å². The lowest BCUT2D eigenvalue weighted by molar-refractivity contribution is -0.242. The van der Waals surface area contributed by atoms with Crippen molar-refractivity contribution in [2.45, 2.75) is 18.9 Å². The quantitative estimate of drug-likeness (QED) is 0.886. The van der Waals surface area contributed by atoms with Crippen LogP contribution in [0.4, 0.5) is 14.5 Å². The molecule has 0 saturated carbocycles. The third-order valence-corrected chi connectivity index (χ3v) is 4.02. The van der Waals surface area contributed by atoms with Crippen LogP contribution >= 0.6 is 0 Å². The number of nitrogens with one attached hydrogen (secondary N) is 1. The minimum atomic E-state index is -0.887. The number of carboxylic acid groups (broad SMARTS) is 1. The Hall–Kier alpha value is -1.77. The van der Waals surface area contributed by atoms with E-state index < -0.39 is 29.6 Å². The predicted octanol–water partition coefficient (Wildman–Crippen LogP) is 1.77. The molecule has 2 atom stereocenters. The molecule has 22 heavy (non-hydrogen) atoms. The van der Waals surface area contributed by atoms with E-state index in [0.29, 0.717) is 25.1 Å². The van der Waals surface area contributed by atoms with E-state index >= 15 is 0 Å². The van der Waals surface area contributed by atoms with Crippen molar-refractivity contribution in [1.82, 2.24) is 5.64 Å². The maximum atomic E-state index is 14.3. The van der Waals surface area contributed by atoms with Gasteiger partial charge in [-0.1, -0.05) is 5.64 Å². The second-order valence-corrected chi connectivity index (χ2v) is 5.42. The minimum absolute atomic E-state index is 0.145. The van der Waals surface area contributed by atoms with Crippen LogP contribution in [0.1, 0.15) is 24.5 Å². The van der Waals surface area contributed by atoms with E-state index in [-0.39, 0.29) is 18.7 Å². The standard InChI is InChI=1S/C14H16F2N2O4/c15-10-5-9(18-3-1-8(7-18)14(19)20)6-11(16)13(10)12-2-4-21-17-22-12/h5-6,8,12,17H,1-4,7H2,(H,19,20)/t8-,12-/m1/s1. The molecule has 120 valence electrons. The van der Waals surface area contributed by atoms with E-state index in [0.717, 1.165) is 0 Å². The number of nitrogens with zero attached hydrogens (tertiary/aromatic N) is 1. The van der Waals surface area contributed by atoms with Crippen molar-refractivity contribution in [3.63, 3.8) is 0 Å². The summed E-state index contributed by atoms with van der Waals surface area (Å²) in [6.07, 6.45) is 0.0475. The highest BCUT2D eigenvalue weighted by atomic mass is 19.1. The summed E-state index contributed by atoms with van der Waals surface area (Å²) in [5.74, 6) is -2.81. The van der Waals surface area contributed by atoms with Crippen molar-refractivity contribution in [1.29, 1.82) is 0 Å². The van der Waals surface area contributed by atoms with Crippen LogP contribution in [0.25, 0.3) is 0 Å². The molecule has 1 aromatic rings. The monoisotopic (exact) mass is 314 g/mol. The van der Waals surface area contributed by atoms with Crippen LogP contribution in [0.15, 0.2) is 12.1 Å². The molecule has 1 aromatic carbocycles. The summed E-state index contributed by atoms with van der Waals surface area (Å²) >= 11 is 0. The van der Waals surface area contributed by atoms with E-state index in [1.54, 1.807) is 4.90 Å². The molecule has 2 aliphatic rings. The molecule has 0 aliphatic carbocycles. The van der Waals surface area contributed by atoms with E-state index in [1.165, 1.54) is 12.1 Å². The summed E-state index contributed by atoms with van der Waals surface area (Å²) in [6, 6.07) is 2.45. The second-order valence-electron chi connectivity index (χ2n) is 5.42. The summed E-state index contributed by atoms with van der Waals surface area (Å²) in [5.41, 5.74) is 2.37. The largest absolute Gasteiger partial charge is 0.481 e. The van der Waals surface area contributed by atoms with Gasteiger partial charge in [-0.3, -0.25) is 14.5 Å². The molecule has 2 saturated heterocycles. The van der Waals surface area contributed by atoms with Gasteiger partial charge in [0.1, 0.15) is 17.7 Å². The van der Waals surface area contributed by atoms with Gasteiger partial charge >= 0.3 is 5.97 Å². The van der Waals surface area contributed by atoms with Crippen LogP contribution in [0.2, 0.25) is 0 Å². The van der Waals surface area contributed by atoms with Gasteiger partial charge in [-0.25, -0.2) is 8.78 Å². The molecule has 2 fully saturated rings. The fourth-order valence-electron chi connectivity index (χ4n) is 2.82. The predicted molar refractivity (Wildman–Crippen MR) is 71.8 cm³/mol. The lowest BCUT2D eigenvalue weighted by Gasteiger charge is -2.25. The Balaban J connectivity index is 1.82. The highest BCUT2D eigenvalue weighted by Gasteiger charge is 2.30. The third kappa shape index (κ3) is 2.90. The number of carboxylic acids is 1. The third-order valence-electron chi connectivity index (χ3n) is 4.02. The van der Waals surface area contributed by atoms with Gasteiger partial charge < -0.3 is 10.0 Å². The van der Waals surface area contributed by atoms with Crippen LogP contribution in [-0.2, 0) is 14.5 Å². The molecule has 2 heterocycles. The van der Waals surface area contributed by atoms with Crippen molar-refractivity contribution >= 4 is 11.7 Å². The van der Waals surface area contributed by atoms with Crippen LogP contribution in [0, 0.1) is 17.6 Å². The van der Waals surface area contributed by atoms with Gasteiger partial charge in [0.25, 0.3) is 0 Å². The normalized spacial score (nSPS) is 25.5. The molecule has 8 heteroatoms. The molecule has 0 amide bonds. The van der Waals surface area contributed by atoms with Gasteiger partial charge in [0.15, 0.2) is 0 Å². The molecule has 0 bridgehead atoms. The number of aliphatic carboxylic acids is 1. The molecule has 3 rings (SSSR count). The van der Waals surface area contributed by atoms with Gasteiger partial charge in [-0.15, -0.1) is 0 Å². The number of hydrogen-bond acceptors (Lipinski definition) is 5. The average molecular weight is 314 g/mol. The first-order valence-corrected chi connectivity index (χ1v) is 7.05. The zero-order valence-electron chi connectivity index (χ0n) is 11.7. The summed E-state index contributed by atoms with van der Waals surface area (Å²) < 4.78 is 28.5. The Morgan fingerprint density at radius 2 is 2.05 bits per heavy atom. The van der Waals surface area contributed by atoms with E-state index in [9.17, 15) is 13.6 Å². The number of carbonyl (C=O) groups is 1. The SMILES string of the molecule is O=C(O)[C@@H]1CCN(c2cc(F)c([C@H]3CCONO3)c(F)c2)C1. The fraction of sp³-hybridized carbons (Fsp3) is 0.500. The fourth-order valence-corrected chi connectivity index (χ4v) is 2.82. The van der Waals surface area contributed by atoms with Crippen LogP contribution in [0.5, 0.6) is 0 Å². The maximum absolute atomic E-state index is 14.3. The first-order chi connectivity index (χ1) is 10.6. The van der Waals surface area contributed by atoms with Gasteiger partial charge in [-0.2, -0.15) is 0 Å². The van der Waals surface area contributed by atoms with Gasteiger partial charge in [0.2, 0.25) is 0 Å². The summed E-state index contributed by atoms with van der Waals surface area (Å²) in [7, 11) is 0. The lowest BCUT2D eigenvalue weighted by atomic mass is 10.0. The molecule has 2 N–H and O–H groups in total. The van der Waals surface area contributed by atoms with E-state index in [4.69, 9.17) is 14.8 Å². The van der Waals surface area contributed by atoms with E-state index in [2.05, 4.69) is 5.64 Å². The maximum Gasteiger partial charge on any atom is 0.308 e. The van der Waals surface area contributed by atoms with Crippen molar-refractivity contribution in [3.8, 4) is 0 Å². The Morgan fingerprint density at radius 3 is 2.59 bits per heavy atom. The molecular weight excluding hydrogens is 298 g/mol. The van der Waals surface area contributed by atoms with Crippen LogP contribution < -0.4 is 10.5 Å². The number of halogens is 2. The summed E-state index contributed by atoms with van der Waals surface area (Å²) in [4.78, 5) is 22.4. The molecule has 0 radical (unpaired) electrons. The molecular formula is C14H16F2N2O4. The molecule has 6 nitrogen and oxygen atoms in total. The van der Waals surface area contributed by atoms with Crippen molar-refractivity contribution in [3.05, 3.63) is 29.3 Å². The Kier molecular flexibility index (Phi) is 4.23.